The number of nitrogens with one attached hydrogen (secondary N) is 2. The van der Waals surface area contributed by atoms with E-state index in [-0.39, 0.29) is 11.5 Å². The minimum atomic E-state index is -0.0452. The Morgan fingerprint density at radius 2 is 2.05 bits per heavy atom. The summed E-state index contributed by atoms with van der Waals surface area (Å²) in [6.45, 7) is 1.81. The van der Waals surface area contributed by atoms with Crippen LogP contribution in [0.15, 0.2) is 29.1 Å². The summed E-state index contributed by atoms with van der Waals surface area (Å²) in [7, 11) is 0. The minimum absolute atomic E-state index is 0.0452. The second-order valence-corrected chi connectivity index (χ2v) is 6.25. The Bertz CT molecular complexity index is 742. The van der Waals surface area contributed by atoms with Crippen LogP contribution in [-0.4, -0.2) is 16.9 Å². The molecular weight excluding hydrogens is 276 g/mol. The third-order valence-electron chi connectivity index (χ3n) is 4.46. The molecule has 0 saturated heterocycles. The van der Waals surface area contributed by atoms with Crippen LogP contribution in [0.1, 0.15) is 43.2 Å². The summed E-state index contributed by atoms with van der Waals surface area (Å²) in [4.78, 5) is 26.4. The predicted molar refractivity (Wildman–Crippen MR) is 88.0 cm³/mol. The van der Waals surface area contributed by atoms with Gasteiger partial charge in [0, 0.05) is 23.5 Å². The quantitative estimate of drug-likeness (QED) is 0.911. The number of amides is 1. The van der Waals surface area contributed by atoms with Crippen LogP contribution >= 0.6 is 0 Å². The molecule has 0 radical (unpaired) electrons. The maximum absolute atomic E-state index is 12.0. The maximum atomic E-state index is 12.0. The maximum Gasteiger partial charge on any atom is 0.251 e. The number of H-pyrrole nitrogens is 1. The van der Waals surface area contributed by atoms with Gasteiger partial charge in [-0.05, 0) is 55.3 Å². The standard InChI is InChI=1S/C18H22N2O2/c1-12-10-14-11-13(6-8-16(14)20-18(12)22)7-9-17(21)19-15-4-2-3-5-15/h6,8,10-11,15H,2-5,7,9H2,1H3,(H,19,21)(H,20,22). The molecule has 4 heteroatoms. The second-order valence-electron chi connectivity index (χ2n) is 6.25. The third kappa shape index (κ3) is 3.38. The van der Waals surface area contributed by atoms with Gasteiger partial charge in [-0.2, -0.15) is 0 Å². The molecule has 1 aromatic carbocycles. The van der Waals surface area contributed by atoms with E-state index in [1.807, 2.05) is 18.2 Å². The number of aryl methyl sites for hydroxylation is 2. The molecule has 1 aliphatic rings. The Morgan fingerprint density at radius 3 is 2.82 bits per heavy atom. The van der Waals surface area contributed by atoms with E-state index in [9.17, 15) is 9.59 Å². The van der Waals surface area contributed by atoms with Gasteiger partial charge in [-0.15, -0.1) is 0 Å². The molecule has 0 bridgehead atoms. The zero-order valence-corrected chi connectivity index (χ0v) is 12.9. The number of aromatic nitrogens is 1. The van der Waals surface area contributed by atoms with E-state index < -0.39 is 0 Å². The SMILES string of the molecule is Cc1cc2cc(CCC(=O)NC3CCCC3)ccc2[nH]c1=O. The number of aromatic amines is 1. The van der Waals surface area contributed by atoms with Gasteiger partial charge in [0.15, 0.2) is 0 Å². The summed E-state index contributed by atoms with van der Waals surface area (Å²) in [6.07, 6.45) is 5.94. The highest BCUT2D eigenvalue weighted by molar-refractivity contribution is 5.80. The third-order valence-corrected chi connectivity index (χ3v) is 4.46. The highest BCUT2D eigenvalue weighted by Gasteiger charge is 2.16. The van der Waals surface area contributed by atoms with Crippen LogP contribution < -0.4 is 10.9 Å². The number of carbonyl (C=O) groups is 1. The van der Waals surface area contributed by atoms with Gasteiger partial charge in [0.1, 0.15) is 0 Å². The van der Waals surface area contributed by atoms with E-state index in [2.05, 4.69) is 16.4 Å². The Kier molecular flexibility index (Phi) is 4.27. The first-order valence-corrected chi connectivity index (χ1v) is 8.04. The zero-order valence-electron chi connectivity index (χ0n) is 12.9. The number of hydrogen-bond donors (Lipinski definition) is 2. The molecule has 2 aromatic rings. The van der Waals surface area contributed by atoms with E-state index in [4.69, 9.17) is 0 Å². The number of benzene rings is 1. The van der Waals surface area contributed by atoms with Crippen molar-refractivity contribution in [2.24, 2.45) is 0 Å². The monoisotopic (exact) mass is 298 g/mol. The van der Waals surface area contributed by atoms with Gasteiger partial charge in [0.05, 0.1) is 0 Å². The molecule has 1 amide bonds. The molecule has 116 valence electrons. The summed E-state index contributed by atoms with van der Waals surface area (Å²) in [5, 5.41) is 4.14. The molecule has 22 heavy (non-hydrogen) atoms. The fourth-order valence-electron chi connectivity index (χ4n) is 3.15. The molecule has 1 aromatic heterocycles. The van der Waals surface area contributed by atoms with Gasteiger partial charge in [-0.3, -0.25) is 9.59 Å². The lowest BCUT2D eigenvalue weighted by Crippen LogP contribution is -2.32. The molecule has 4 nitrogen and oxygen atoms in total. The Labute approximate surface area is 129 Å². The first kappa shape index (κ1) is 14.8. The van der Waals surface area contributed by atoms with E-state index in [0.717, 1.165) is 35.7 Å². The van der Waals surface area contributed by atoms with Crippen molar-refractivity contribution < 1.29 is 4.79 Å². The lowest BCUT2D eigenvalue weighted by atomic mass is 10.1. The van der Waals surface area contributed by atoms with Crippen LogP contribution in [0, 0.1) is 6.92 Å². The number of rotatable bonds is 4. The largest absolute Gasteiger partial charge is 0.353 e. The summed E-state index contributed by atoms with van der Waals surface area (Å²) in [6, 6.07) is 8.24. The van der Waals surface area contributed by atoms with E-state index in [1.54, 1.807) is 6.92 Å². The highest BCUT2D eigenvalue weighted by Crippen LogP contribution is 2.18. The van der Waals surface area contributed by atoms with Gasteiger partial charge in [0.25, 0.3) is 5.56 Å². The fourth-order valence-corrected chi connectivity index (χ4v) is 3.15. The highest BCUT2D eigenvalue weighted by atomic mass is 16.1. The Balaban J connectivity index is 1.64. The molecule has 1 heterocycles. The van der Waals surface area contributed by atoms with E-state index in [0.29, 0.717) is 18.0 Å². The molecule has 1 saturated carbocycles. The van der Waals surface area contributed by atoms with Crippen molar-refractivity contribution in [3.63, 3.8) is 0 Å². The number of hydrogen-bond acceptors (Lipinski definition) is 2. The average Bonchev–Trinajstić information content (AvgIpc) is 2.99. The van der Waals surface area contributed by atoms with Crippen molar-refractivity contribution in [3.8, 4) is 0 Å². The van der Waals surface area contributed by atoms with Gasteiger partial charge >= 0.3 is 0 Å². The molecule has 0 spiro atoms. The normalized spacial score (nSPS) is 15.3. The lowest BCUT2D eigenvalue weighted by Gasteiger charge is -2.11. The van der Waals surface area contributed by atoms with Crippen molar-refractivity contribution >= 4 is 16.8 Å². The lowest BCUT2D eigenvalue weighted by molar-refractivity contribution is -0.121. The van der Waals surface area contributed by atoms with Crippen molar-refractivity contribution in [3.05, 3.63) is 45.7 Å². The van der Waals surface area contributed by atoms with Crippen molar-refractivity contribution in [1.29, 1.82) is 0 Å². The van der Waals surface area contributed by atoms with E-state index >= 15 is 0 Å². The summed E-state index contributed by atoms with van der Waals surface area (Å²) >= 11 is 0. The summed E-state index contributed by atoms with van der Waals surface area (Å²) < 4.78 is 0. The van der Waals surface area contributed by atoms with Crippen LogP contribution in [0.25, 0.3) is 10.9 Å². The first-order valence-electron chi connectivity index (χ1n) is 8.04. The molecule has 3 rings (SSSR count). The van der Waals surface area contributed by atoms with Crippen LogP contribution in [0.2, 0.25) is 0 Å². The van der Waals surface area contributed by atoms with E-state index in [1.165, 1.54) is 12.8 Å². The minimum Gasteiger partial charge on any atom is -0.353 e. The van der Waals surface area contributed by atoms with Crippen LogP contribution in [-0.2, 0) is 11.2 Å². The molecule has 0 unspecified atom stereocenters. The topological polar surface area (TPSA) is 62.0 Å². The summed E-state index contributed by atoms with van der Waals surface area (Å²) in [5.74, 6) is 0.143. The van der Waals surface area contributed by atoms with Gasteiger partial charge < -0.3 is 10.3 Å². The smallest absolute Gasteiger partial charge is 0.251 e. The fraction of sp³-hybridized carbons (Fsp3) is 0.444. The van der Waals surface area contributed by atoms with Gasteiger partial charge in [-0.25, -0.2) is 0 Å². The molecule has 1 aliphatic carbocycles. The predicted octanol–water partition coefficient (Wildman–Crippen LogP) is 2.83. The Hall–Kier alpha value is -2.10. The number of carbonyl (C=O) groups excluding carboxylic acids is 1. The van der Waals surface area contributed by atoms with Crippen molar-refractivity contribution in [2.75, 3.05) is 0 Å². The number of fused-ring (bicyclic) bond motifs is 1. The van der Waals surface area contributed by atoms with Gasteiger partial charge in [0.2, 0.25) is 5.91 Å². The average molecular weight is 298 g/mol. The Morgan fingerprint density at radius 1 is 1.27 bits per heavy atom. The molecule has 1 fully saturated rings. The molecular formula is C18H22N2O2. The second kappa shape index (κ2) is 6.34. The molecule has 0 aliphatic heterocycles. The molecule has 0 atom stereocenters. The van der Waals surface area contributed by atoms with Crippen LogP contribution in [0.4, 0.5) is 0 Å². The van der Waals surface area contributed by atoms with Crippen LogP contribution in [0.3, 0.4) is 0 Å². The molecule has 2 N–H and O–H groups in total. The first-order chi connectivity index (χ1) is 10.6. The zero-order chi connectivity index (χ0) is 15.5. The summed E-state index contributed by atoms with van der Waals surface area (Å²) in [5.41, 5.74) is 2.63. The van der Waals surface area contributed by atoms with Crippen LogP contribution in [0.5, 0.6) is 0 Å². The van der Waals surface area contributed by atoms with Gasteiger partial charge in [-0.1, -0.05) is 18.9 Å². The van der Waals surface area contributed by atoms with Crippen molar-refractivity contribution in [1.82, 2.24) is 10.3 Å². The number of pyridine rings is 1. The van der Waals surface area contributed by atoms with Crippen molar-refractivity contribution in [2.45, 2.75) is 51.5 Å².